The normalized spacial score (nSPS) is 11.9. The van der Waals surface area contributed by atoms with Gasteiger partial charge in [-0.05, 0) is 45.6 Å². The van der Waals surface area contributed by atoms with E-state index in [0.29, 0.717) is 4.47 Å². The molecule has 0 fully saturated rings. The molecule has 0 unspecified atom stereocenters. The van der Waals surface area contributed by atoms with Crippen LogP contribution in [0, 0.1) is 5.82 Å². The molecule has 0 aliphatic heterocycles. The standard InChI is InChI=1S/C11H12BrFO/c1-2-8(7-14)5-9-3-4-10(12)11(13)6-9/h3-6,14H,2,7H2,1H3/b8-5-. The van der Waals surface area contributed by atoms with Crippen molar-refractivity contribution in [2.24, 2.45) is 0 Å². The van der Waals surface area contributed by atoms with Gasteiger partial charge in [-0.1, -0.05) is 19.1 Å². The summed E-state index contributed by atoms with van der Waals surface area (Å²) in [6.45, 7) is 1.98. The van der Waals surface area contributed by atoms with E-state index < -0.39 is 0 Å². The number of rotatable bonds is 3. The second-order valence-corrected chi connectivity index (χ2v) is 3.84. The Bertz CT molecular complexity index is 341. The molecule has 0 atom stereocenters. The van der Waals surface area contributed by atoms with Gasteiger partial charge in [0.05, 0.1) is 11.1 Å². The molecule has 1 nitrogen and oxygen atoms in total. The molecule has 0 radical (unpaired) electrons. The molecule has 0 saturated heterocycles. The zero-order valence-electron chi connectivity index (χ0n) is 7.93. The van der Waals surface area contributed by atoms with Gasteiger partial charge in [-0.15, -0.1) is 0 Å². The maximum absolute atomic E-state index is 13.1. The molecule has 0 amide bonds. The van der Waals surface area contributed by atoms with Crippen molar-refractivity contribution in [2.45, 2.75) is 13.3 Å². The van der Waals surface area contributed by atoms with Gasteiger partial charge in [-0.2, -0.15) is 0 Å². The first-order valence-electron chi connectivity index (χ1n) is 4.42. The zero-order chi connectivity index (χ0) is 10.6. The van der Waals surface area contributed by atoms with E-state index >= 15 is 0 Å². The topological polar surface area (TPSA) is 20.2 Å². The van der Waals surface area contributed by atoms with Gasteiger partial charge in [0.1, 0.15) is 5.82 Å². The van der Waals surface area contributed by atoms with E-state index in [1.54, 1.807) is 18.2 Å². The Morgan fingerprint density at radius 2 is 2.29 bits per heavy atom. The van der Waals surface area contributed by atoms with Crippen LogP contribution in [0.25, 0.3) is 6.08 Å². The second-order valence-electron chi connectivity index (χ2n) is 2.99. The molecule has 1 N–H and O–H groups in total. The van der Waals surface area contributed by atoms with Crippen LogP contribution in [0.1, 0.15) is 18.9 Å². The van der Waals surface area contributed by atoms with Crippen molar-refractivity contribution in [1.82, 2.24) is 0 Å². The van der Waals surface area contributed by atoms with E-state index in [1.165, 1.54) is 6.07 Å². The molecule has 1 aromatic carbocycles. The maximum Gasteiger partial charge on any atom is 0.137 e. The SMILES string of the molecule is CC/C(=C/c1ccc(Br)c(F)c1)CO. The minimum Gasteiger partial charge on any atom is -0.392 e. The molecular formula is C11H12BrFO. The summed E-state index contributed by atoms with van der Waals surface area (Å²) in [5, 5.41) is 8.94. The third-order valence-corrected chi connectivity index (χ3v) is 2.61. The van der Waals surface area contributed by atoms with Crippen LogP contribution in [0.5, 0.6) is 0 Å². The van der Waals surface area contributed by atoms with Gasteiger partial charge in [-0.3, -0.25) is 0 Å². The summed E-state index contributed by atoms with van der Waals surface area (Å²) < 4.78 is 13.6. The molecular weight excluding hydrogens is 247 g/mol. The Hall–Kier alpha value is -0.670. The Morgan fingerprint density at radius 1 is 1.57 bits per heavy atom. The van der Waals surface area contributed by atoms with E-state index in [-0.39, 0.29) is 12.4 Å². The Balaban J connectivity index is 2.97. The number of halogens is 2. The van der Waals surface area contributed by atoms with Crippen molar-refractivity contribution in [2.75, 3.05) is 6.61 Å². The van der Waals surface area contributed by atoms with Crippen molar-refractivity contribution in [3.8, 4) is 0 Å². The fourth-order valence-electron chi connectivity index (χ4n) is 1.10. The zero-order valence-corrected chi connectivity index (χ0v) is 9.51. The van der Waals surface area contributed by atoms with Crippen molar-refractivity contribution in [3.05, 3.63) is 39.6 Å². The molecule has 1 aromatic rings. The molecule has 0 bridgehead atoms. The Labute approximate surface area is 91.4 Å². The lowest BCUT2D eigenvalue weighted by Gasteiger charge is -2.01. The number of aliphatic hydroxyl groups excluding tert-OH is 1. The first-order chi connectivity index (χ1) is 6.67. The largest absolute Gasteiger partial charge is 0.392 e. The molecule has 3 heteroatoms. The van der Waals surface area contributed by atoms with Crippen molar-refractivity contribution in [1.29, 1.82) is 0 Å². The lowest BCUT2D eigenvalue weighted by atomic mass is 10.1. The van der Waals surface area contributed by atoms with Gasteiger partial charge in [0.15, 0.2) is 0 Å². The molecule has 1 rings (SSSR count). The molecule has 0 spiro atoms. The lowest BCUT2D eigenvalue weighted by molar-refractivity contribution is 0.329. The van der Waals surface area contributed by atoms with Gasteiger partial charge in [0, 0.05) is 0 Å². The van der Waals surface area contributed by atoms with E-state index in [9.17, 15) is 4.39 Å². The molecule has 14 heavy (non-hydrogen) atoms. The first-order valence-corrected chi connectivity index (χ1v) is 5.22. The smallest absolute Gasteiger partial charge is 0.137 e. The van der Waals surface area contributed by atoms with E-state index in [1.807, 2.05) is 6.92 Å². The number of aliphatic hydroxyl groups is 1. The van der Waals surface area contributed by atoms with Crippen molar-refractivity contribution >= 4 is 22.0 Å². The summed E-state index contributed by atoms with van der Waals surface area (Å²) >= 11 is 3.08. The van der Waals surface area contributed by atoms with E-state index in [4.69, 9.17) is 5.11 Å². The Kier molecular flexibility index (Phi) is 4.29. The van der Waals surface area contributed by atoms with E-state index in [2.05, 4.69) is 15.9 Å². The summed E-state index contributed by atoms with van der Waals surface area (Å²) in [4.78, 5) is 0. The number of benzene rings is 1. The van der Waals surface area contributed by atoms with Crippen LogP contribution in [-0.4, -0.2) is 11.7 Å². The highest BCUT2D eigenvalue weighted by atomic mass is 79.9. The lowest BCUT2D eigenvalue weighted by Crippen LogP contribution is -1.88. The highest BCUT2D eigenvalue weighted by Gasteiger charge is 1.99. The fraction of sp³-hybridized carbons (Fsp3) is 0.273. The van der Waals surface area contributed by atoms with Crippen LogP contribution < -0.4 is 0 Å². The average Bonchev–Trinajstić information content (AvgIpc) is 2.19. The minimum absolute atomic E-state index is 0.0220. The van der Waals surface area contributed by atoms with Crippen LogP contribution in [0.15, 0.2) is 28.2 Å². The Morgan fingerprint density at radius 3 is 2.79 bits per heavy atom. The molecule has 76 valence electrons. The van der Waals surface area contributed by atoms with Crippen LogP contribution in [0.3, 0.4) is 0 Å². The van der Waals surface area contributed by atoms with Crippen LogP contribution in [0.2, 0.25) is 0 Å². The monoisotopic (exact) mass is 258 g/mol. The summed E-state index contributed by atoms with van der Waals surface area (Å²) in [5.41, 5.74) is 1.67. The van der Waals surface area contributed by atoms with Crippen LogP contribution in [-0.2, 0) is 0 Å². The quantitative estimate of drug-likeness (QED) is 0.882. The van der Waals surface area contributed by atoms with Gasteiger partial charge >= 0.3 is 0 Å². The van der Waals surface area contributed by atoms with E-state index in [0.717, 1.165) is 17.6 Å². The first kappa shape index (κ1) is 11.4. The maximum atomic E-state index is 13.1. The fourth-order valence-corrected chi connectivity index (χ4v) is 1.34. The number of hydrogen-bond donors (Lipinski definition) is 1. The average molecular weight is 259 g/mol. The third kappa shape index (κ3) is 2.93. The van der Waals surface area contributed by atoms with Gasteiger partial charge < -0.3 is 5.11 Å². The molecule has 0 aromatic heterocycles. The predicted molar refractivity (Wildman–Crippen MR) is 59.5 cm³/mol. The summed E-state index contributed by atoms with van der Waals surface area (Å²) in [6, 6.07) is 4.90. The number of hydrogen-bond acceptors (Lipinski definition) is 1. The summed E-state index contributed by atoms with van der Waals surface area (Å²) in [5.74, 6) is -0.285. The second kappa shape index (κ2) is 5.27. The third-order valence-electron chi connectivity index (χ3n) is 1.97. The molecule has 0 saturated carbocycles. The molecule has 0 heterocycles. The predicted octanol–water partition coefficient (Wildman–Crippen LogP) is 3.37. The molecule has 0 aliphatic carbocycles. The van der Waals surface area contributed by atoms with Crippen LogP contribution in [0.4, 0.5) is 4.39 Å². The summed E-state index contributed by atoms with van der Waals surface area (Å²) in [6.07, 6.45) is 2.57. The highest BCUT2D eigenvalue weighted by Crippen LogP contribution is 2.18. The van der Waals surface area contributed by atoms with Crippen LogP contribution >= 0.6 is 15.9 Å². The van der Waals surface area contributed by atoms with Crippen molar-refractivity contribution in [3.63, 3.8) is 0 Å². The van der Waals surface area contributed by atoms with Gasteiger partial charge in [-0.25, -0.2) is 4.39 Å². The molecule has 0 aliphatic rings. The van der Waals surface area contributed by atoms with Gasteiger partial charge in [0.2, 0.25) is 0 Å². The van der Waals surface area contributed by atoms with Crippen molar-refractivity contribution < 1.29 is 9.50 Å². The minimum atomic E-state index is -0.285. The summed E-state index contributed by atoms with van der Waals surface area (Å²) in [7, 11) is 0. The highest BCUT2D eigenvalue weighted by molar-refractivity contribution is 9.10. The van der Waals surface area contributed by atoms with Gasteiger partial charge in [0.25, 0.3) is 0 Å².